The van der Waals surface area contributed by atoms with E-state index in [2.05, 4.69) is 4.98 Å². The molecule has 0 radical (unpaired) electrons. The number of hydrogen-bond donors (Lipinski definition) is 1. The van der Waals surface area contributed by atoms with Crippen LogP contribution in [0.5, 0.6) is 5.75 Å². The maximum Gasteiger partial charge on any atom is 0.133 e. The Morgan fingerprint density at radius 2 is 1.67 bits per heavy atom. The zero-order valence-corrected chi connectivity index (χ0v) is 11.3. The van der Waals surface area contributed by atoms with Gasteiger partial charge in [0.1, 0.15) is 5.75 Å². The first kappa shape index (κ1) is 11.2. The van der Waals surface area contributed by atoms with Crippen LogP contribution in [0.3, 0.4) is 0 Å². The summed E-state index contributed by atoms with van der Waals surface area (Å²) in [5.74, 6) is 3.23. The Morgan fingerprint density at radius 3 is 2.17 bits per heavy atom. The van der Waals surface area contributed by atoms with E-state index < -0.39 is 0 Å². The van der Waals surface area contributed by atoms with Gasteiger partial charge in [-0.2, -0.15) is 0 Å². The van der Waals surface area contributed by atoms with Gasteiger partial charge in [-0.25, -0.2) is 4.98 Å². The van der Waals surface area contributed by atoms with Gasteiger partial charge >= 0.3 is 0 Å². The third kappa shape index (κ3) is 1.83. The van der Waals surface area contributed by atoms with E-state index in [0.717, 1.165) is 22.8 Å². The summed E-state index contributed by atoms with van der Waals surface area (Å²) in [5.41, 5.74) is 0. The third-order valence-electron chi connectivity index (χ3n) is 5.02. The molecule has 1 aromatic rings. The van der Waals surface area contributed by atoms with Crippen LogP contribution in [0, 0.1) is 17.8 Å². The monoisotopic (exact) mass is 261 g/mol. The zero-order chi connectivity index (χ0) is 12.2. The Kier molecular flexibility index (Phi) is 2.41. The lowest BCUT2D eigenvalue weighted by Gasteiger charge is -2.56. The molecule has 4 bridgehead atoms. The number of rotatable bonds is 2. The highest BCUT2D eigenvalue weighted by molar-refractivity contribution is 8.00. The number of aromatic hydroxyl groups is 1. The molecule has 1 heterocycles. The Balaban J connectivity index is 1.58. The van der Waals surface area contributed by atoms with Crippen LogP contribution in [0.1, 0.15) is 38.5 Å². The minimum Gasteiger partial charge on any atom is -0.506 e. The Bertz CT molecular complexity index is 421. The molecule has 3 heteroatoms. The van der Waals surface area contributed by atoms with E-state index in [1.165, 1.54) is 38.5 Å². The summed E-state index contributed by atoms with van der Waals surface area (Å²) in [7, 11) is 0. The van der Waals surface area contributed by atoms with Crippen LogP contribution in [0.2, 0.25) is 0 Å². The van der Waals surface area contributed by atoms with Crippen LogP contribution in [0.15, 0.2) is 23.4 Å². The molecular weight excluding hydrogens is 242 g/mol. The summed E-state index contributed by atoms with van der Waals surface area (Å²) in [6, 6.07) is 3.73. The molecule has 1 aromatic heterocycles. The summed E-state index contributed by atoms with van der Waals surface area (Å²) < 4.78 is 0.471. The van der Waals surface area contributed by atoms with Crippen LogP contribution in [-0.4, -0.2) is 14.8 Å². The van der Waals surface area contributed by atoms with Crippen molar-refractivity contribution >= 4 is 11.8 Å². The predicted octanol–water partition coefficient (Wildman–Crippen LogP) is 3.85. The van der Waals surface area contributed by atoms with Gasteiger partial charge in [-0.1, -0.05) is 11.8 Å². The molecule has 0 unspecified atom stereocenters. The molecule has 4 saturated carbocycles. The molecule has 4 aliphatic carbocycles. The zero-order valence-electron chi connectivity index (χ0n) is 10.5. The second-order valence-corrected chi connectivity index (χ2v) is 8.05. The molecule has 0 atom stereocenters. The molecule has 4 fully saturated rings. The molecule has 96 valence electrons. The Morgan fingerprint density at radius 1 is 1.06 bits per heavy atom. The van der Waals surface area contributed by atoms with Crippen LogP contribution < -0.4 is 0 Å². The van der Waals surface area contributed by atoms with Crippen LogP contribution >= 0.6 is 11.8 Å². The fourth-order valence-corrected chi connectivity index (χ4v) is 6.45. The lowest BCUT2D eigenvalue weighted by molar-refractivity contribution is 0.0383. The van der Waals surface area contributed by atoms with E-state index in [4.69, 9.17) is 0 Å². The average Bonchev–Trinajstić information content (AvgIpc) is 2.30. The van der Waals surface area contributed by atoms with Gasteiger partial charge in [-0.3, -0.25) is 0 Å². The van der Waals surface area contributed by atoms with Crippen molar-refractivity contribution < 1.29 is 5.11 Å². The first-order chi connectivity index (χ1) is 8.71. The molecule has 5 rings (SSSR count). The van der Waals surface area contributed by atoms with E-state index in [1.54, 1.807) is 12.3 Å². The molecule has 0 aromatic carbocycles. The summed E-state index contributed by atoms with van der Waals surface area (Å²) in [5, 5.41) is 10.4. The fourth-order valence-electron chi connectivity index (χ4n) is 4.81. The smallest absolute Gasteiger partial charge is 0.133 e. The van der Waals surface area contributed by atoms with Crippen LogP contribution in [-0.2, 0) is 0 Å². The molecule has 0 aliphatic heterocycles. The highest BCUT2D eigenvalue weighted by Crippen LogP contribution is 2.61. The average molecular weight is 261 g/mol. The van der Waals surface area contributed by atoms with Gasteiger partial charge < -0.3 is 5.11 Å². The second-order valence-electron chi connectivity index (χ2n) is 6.56. The minimum atomic E-state index is 0.268. The number of thioether (sulfide) groups is 1. The molecule has 4 aliphatic rings. The molecule has 0 spiro atoms. The van der Waals surface area contributed by atoms with E-state index in [1.807, 2.05) is 17.8 Å². The number of hydrogen-bond acceptors (Lipinski definition) is 3. The maximum atomic E-state index is 9.31. The summed E-state index contributed by atoms with van der Waals surface area (Å²) >= 11 is 1.99. The van der Waals surface area contributed by atoms with Gasteiger partial charge in [0.05, 0.1) is 11.2 Å². The minimum absolute atomic E-state index is 0.268. The third-order valence-corrected chi connectivity index (χ3v) is 6.41. The topological polar surface area (TPSA) is 33.1 Å². The molecular formula is C15H19NOS. The van der Waals surface area contributed by atoms with Crippen molar-refractivity contribution in [2.24, 2.45) is 17.8 Å². The van der Waals surface area contributed by atoms with Crippen molar-refractivity contribution in [2.45, 2.75) is 48.3 Å². The summed E-state index contributed by atoms with van der Waals surface area (Å²) in [6.45, 7) is 0. The van der Waals surface area contributed by atoms with Gasteiger partial charge in [0.25, 0.3) is 0 Å². The fraction of sp³-hybridized carbons (Fsp3) is 0.667. The van der Waals surface area contributed by atoms with Gasteiger partial charge in [-0.05, 0) is 68.4 Å². The Labute approximate surface area is 112 Å². The highest BCUT2D eigenvalue weighted by Gasteiger charge is 2.51. The first-order valence-corrected chi connectivity index (χ1v) is 7.86. The van der Waals surface area contributed by atoms with Crippen LogP contribution in [0.25, 0.3) is 0 Å². The normalized spacial score (nSPS) is 41.2. The van der Waals surface area contributed by atoms with Crippen molar-refractivity contribution in [1.29, 1.82) is 0 Å². The lowest BCUT2D eigenvalue weighted by atomic mass is 9.56. The van der Waals surface area contributed by atoms with Gasteiger partial charge in [0, 0.05) is 4.75 Å². The summed E-state index contributed by atoms with van der Waals surface area (Å²) in [4.78, 5) is 4.37. The second kappa shape index (κ2) is 3.89. The van der Waals surface area contributed by atoms with Crippen molar-refractivity contribution in [3.05, 3.63) is 18.3 Å². The SMILES string of the molecule is Oc1ccc(SC23CC4CC(CC(C4)C2)C3)nc1. The van der Waals surface area contributed by atoms with Crippen molar-refractivity contribution in [3.8, 4) is 5.75 Å². The van der Waals surface area contributed by atoms with Crippen molar-refractivity contribution in [2.75, 3.05) is 0 Å². The number of nitrogens with zero attached hydrogens (tertiary/aromatic N) is 1. The molecule has 2 nitrogen and oxygen atoms in total. The molecule has 18 heavy (non-hydrogen) atoms. The van der Waals surface area contributed by atoms with Crippen molar-refractivity contribution in [3.63, 3.8) is 0 Å². The van der Waals surface area contributed by atoms with E-state index in [-0.39, 0.29) is 5.75 Å². The summed E-state index contributed by atoms with van der Waals surface area (Å²) in [6.07, 6.45) is 10.2. The largest absolute Gasteiger partial charge is 0.506 e. The number of aromatic nitrogens is 1. The van der Waals surface area contributed by atoms with Gasteiger partial charge in [0.15, 0.2) is 0 Å². The van der Waals surface area contributed by atoms with E-state index >= 15 is 0 Å². The standard InChI is InChI=1S/C15H19NOS/c17-13-1-2-14(16-9-13)18-15-6-10-3-11(7-15)5-12(4-10)8-15/h1-2,9-12,17H,3-8H2. The quantitative estimate of drug-likeness (QED) is 0.878. The Hall–Kier alpha value is -0.700. The van der Waals surface area contributed by atoms with Crippen LogP contribution in [0.4, 0.5) is 0 Å². The number of pyridine rings is 1. The van der Waals surface area contributed by atoms with Gasteiger partial charge in [0.2, 0.25) is 0 Å². The maximum absolute atomic E-state index is 9.31. The van der Waals surface area contributed by atoms with Gasteiger partial charge in [-0.15, -0.1) is 0 Å². The van der Waals surface area contributed by atoms with Crippen molar-refractivity contribution in [1.82, 2.24) is 4.98 Å². The highest BCUT2D eigenvalue weighted by atomic mass is 32.2. The van der Waals surface area contributed by atoms with E-state index in [9.17, 15) is 5.11 Å². The molecule has 0 saturated heterocycles. The molecule has 1 N–H and O–H groups in total. The van der Waals surface area contributed by atoms with E-state index in [0.29, 0.717) is 4.75 Å². The lowest BCUT2D eigenvalue weighted by Crippen LogP contribution is -2.48. The first-order valence-electron chi connectivity index (χ1n) is 7.05. The predicted molar refractivity (Wildman–Crippen MR) is 72.7 cm³/mol. The molecule has 0 amide bonds.